The molecule has 4 rings (SSSR count). The standard InChI is InChI=1S/C15H19N3O3S2/c1-21-11-2-5-14-13(10-11)16-15(22-14)17-6-8-18(9-7-17)23(19,20)12-3-4-12/h2,5,10,12H,3-4,6-9H2,1H3. The zero-order valence-corrected chi connectivity index (χ0v) is 14.6. The number of methoxy groups -OCH3 is 1. The van der Waals surface area contributed by atoms with Crippen LogP contribution in [-0.4, -0.2) is 56.2 Å². The Kier molecular flexibility index (Phi) is 3.70. The molecule has 1 aromatic carbocycles. The Morgan fingerprint density at radius 1 is 1.22 bits per heavy atom. The first-order chi connectivity index (χ1) is 11.1. The van der Waals surface area contributed by atoms with Crippen LogP contribution >= 0.6 is 11.3 Å². The van der Waals surface area contributed by atoms with E-state index in [-0.39, 0.29) is 5.25 Å². The van der Waals surface area contributed by atoms with Crippen molar-refractivity contribution in [1.29, 1.82) is 0 Å². The van der Waals surface area contributed by atoms with Crippen molar-refractivity contribution in [3.8, 4) is 5.75 Å². The first kappa shape index (κ1) is 15.2. The van der Waals surface area contributed by atoms with Gasteiger partial charge in [-0.15, -0.1) is 0 Å². The second-order valence-electron chi connectivity index (χ2n) is 5.96. The third-order valence-electron chi connectivity index (χ3n) is 4.40. The van der Waals surface area contributed by atoms with Crippen molar-refractivity contribution >= 4 is 36.7 Å². The minimum atomic E-state index is -3.05. The molecule has 2 aromatic rings. The number of anilines is 1. The monoisotopic (exact) mass is 353 g/mol. The number of hydrogen-bond donors (Lipinski definition) is 0. The van der Waals surface area contributed by atoms with E-state index in [0.717, 1.165) is 33.9 Å². The first-order valence-corrected chi connectivity index (χ1v) is 10.1. The Morgan fingerprint density at radius 2 is 1.96 bits per heavy atom. The van der Waals surface area contributed by atoms with Crippen LogP contribution in [0.1, 0.15) is 12.8 Å². The zero-order chi connectivity index (χ0) is 16.0. The van der Waals surface area contributed by atoms with Crippen molar-refractivity contribution in [2.45, 2.75) is 18.1 Å². The highest BCUT2D eigenvalue weighted by atomic mass is 32.2. The summed E-state index contributed by atoms with van der Waals surface area (Å²) in [5, 5.41) is 0.834. The molecule has 2 aliphatic rings. The van der Waals surface area contributed by atoms with Gasteiger partial charge < -0.3 is 9.64 Å². The van der Waals surface area contributed by atoms with E-state index in [9.17, 15) is 8.42 Å². The van der Waals surface area contributed by atoms with Crippen LogP contribution in [0.3, 0.4) is 0 Å². The predicted molar refractivity (Wildman–Crippen MR) is 91.9 cm³/mol. The molecule has 1 saturated heterocycles. The van der Waals surface area contributed by atoms with E-state index in [2.05, 4.69) is 9.88 Å². The van der Waals surface area contributed by atoms with Gasteiger partial charge in [0.1, 0.15) is 5.75 Å². The molecule has 0 bridgehead atoms. The molecule has 0 spiro atoms. The molecule has 124 valence electrons. The van der Waals surface area contributed by atoms with Gasteiger partial charge in [0.25, 0.3) is 0 Å². The van der Waals surface area contributed by atoms with Crippen LogP contribution in [0.15, 0.2) is 18.2 Å². The van der Waals surface area contributed by atoms with Gasteiger partial charge in [-0.05, 0) is 25.0 Å². The van der Waals surface area contributed by atoms with E-state index < -0.39 is 10.0 Å². The van der Waals surface area contributed by atoms with Gasteiger partial charge in [0.05, 0.1) is 22.6 Å². The molecule has 1 aliphatic heterocycles. The lowest BCUT2D eigenvalue weighted by atomic mass is 10.3. The van der Waals surface area contributed by atoms with Gasteiger partial charge in [-0.25, -0.2) is 13.4 Å². The smallest absolute Gasteiger partial charge is 0.217 e. The third-order valence-corrected chi connectivity index (χ3v) is 7.89. The number of ether oxygens (including phenoxy) is 1. The molecule has 0 amide bonds. The molecule has 1 aromatic heterocycles. The fourth-order valence-electron chi connectivity index (χ4n) is 2.87. The lowest BCUT2D eigenvalue weighted by molar-refractivity contribution is 0.384. The van der Waals surface area contributed by atoms with Crippen molar-refractivity contribution in [3.05, 3.63) is 18.2 Å². The van der Waals surface area contributed by atoms with Crippen LogP contribution in [0.25, 0.3) is 10.2 Å². The van der Waals surface area contributed by atoms with Gasteiger partial charge in [0.2, 0.25) is 10.0 Å². The second kappa shape index (κ2) is 5.61. The second-order valence-corrected chi connectivity index (χ2v) is 9.18. The average molecular weight is 353 g/mol. The third kappa shape index (κ3) is 2.79. The van der Waals surface area contributed by atoms with E-state index in [4.69, 9.17) is 4.74 Å². The van der Waals surface area contributed by atoms with E-state index >= 15 is 0 Å². The van der Waals surface area contributed by atoms with E-state index in [1.165, 1.54) is 0 Å². The van der Waals surface area contributed by atoms with Crippen molar-refractivity contribution in [2.75, 3.05) is 38.2 Å². The highest BCUT2D eigenvalue weighted by Crippen LogP contribution is 2.34. The molecule has 1 saturated carbocycles. The van der Waals surface area contributed by atoms with Crippen LogP contribution < -0.4 is 9.64 Å². The Bertz CT molecular complexity index is 822. The molecule has 2 fully saturated rings. The quantitative estimate of drug-likeness (QED) is 0.840. The molecule has 1 aliphatic carbocycles. The van der Waals surface area contributed by atoms with Crippen LogP contribution in [0.4, 0.5) is 5.13 Å². The summed E-state index contributed by atoms with van der Waals surface area (Å²) >= 11 is 1.64. The maximum Gasteiger partial charge on any atom is 0.217 e. The van der Waals surface area contributed by atoms with Crippen molar-refractivity contribution < 1.29 is 13.2 Å². The number of fused-ring (bicyclic) bond motifs is 1. The summed E-state index contributed by atoms with van der Waals surface area (Å²) in [4.78, 5) is 6.85. The predicted octanol–water partition coefficient (Wildman–Crippen LogP) is 1.92. The molecule has 8 heteroatoms. The highest BCUT2D eigenvalue weighted by molar-refractivity contribution is 7.90. The molecule has 2 heterocycles. The fourth-order valence-corrected chi connectivity index (χ4v) is 5.69. The van der Waals surface area contributed by atoms with E-state index in [0.29, 0.717) is 26.2 Å². The van der Waals surface area contributed by atoms with Crippen LogP contribution in [0.2, 0.25) is 0 Å². The Labute approximate surface area is 139 Å². The Balaban J connectivity index is 1.49. The molecule has 0 radical (unpaired) electrons. The highest BCUT2D eigenvalue weighted by Gasteiger charge is 2.41. The lowest BCUT2D eigenvalue weighted by Gasteiger charge is -2.33. The first-order valence-electron chi connectivity index (χ1n) is 7.76. The van der Waals surface area contributed by atoms with Gasteiger partial charge in [-0.1, -0.05) is 11.3 Å². The Morgan fingerprint density at radius 3 is 2.61 bits per heavy atom. The summed E-state index contributed by atoms with van der Waals surface area (Å²) in [7, 11) is -1.41. The van der Waals surface area contributed by atoms with Crippen molar-refractivity contribution in [3.63, 3.8) is 0 Å². The maximum atomic E-state index is 12.3. The van der Waals surface area contributed by atoms with Crippen LogP contribution in [0.5, 0.6) is 5.75 Å². The summed E-state index contributed by atoms with van der Waals surface area (Å²) < 4.78 is 32.6. The fraction of sp³-hybridized carbons (Fsp3) is 0.533. The van der Waals surface area contributed by atoms with Gasteiger partial charge in [-0.2, -0.15) is 4.31 Å². The Hall–Kier alpha value is -1.38. The average Bonchev–Trinajstić information content (AvgIpc) is 3.35. The molecule has 23 heavy (non-hydrogen) atoms. The minimum Gasteiger partial charge on any atom is -0.497 e. The summed E-state index contributed by atoms with van der Waals surface area (Å²) in [5.74, 6) is 0.801. The minimum absolute atomic E-state index is 0.121. The maximum absolute atomic E-state index is 12.3. The molecular formula is C15H19N3O3S2. The van der Waals surface area contributed by atoms with Gasteiger partial charge in [0.15, 0.2) is 5.13 Å². The number of rotatable bonds is 4. The van der Waals surface area contributed by atoms with Crippen molar-refractivity contribution in [1.82, 2.24) is 9.29 Å². The normalized spacial score (nSPS) is 20.1. The number of piperazine rings is 1. The topological polar surface area (TPSA) is 62.7 Å². The summed E-state index contributed by atoms with van der Waals surface area (Å²) in [5.41, 5.74) is 0.928. The van der Waals surface area contributed by atoms with E-state index in [1.807, 2.05) is 18.2 Å². The van der Waals surface area contributed by atoms with Gasteiger partial charge >= 0.3 is 0 Å². The number of hydrogen-bond acceptors (Lipinski definition) is 6. The number of nitrogens with zero attached hydrogens (tertiary/aromatic N) is 3. The van der Waals surface area contributed by atoms with Crippen molar-refractivity contribution in [2.24, 2.45) is 0 Å². The summed E-state index contributed by atoms with van der Waals surface area (Å²) in [6.07, 6.45) is 1.64. The largest absolute Gasteiger partial charge is 0.497 e. The van der Waals surface area contributed by atoms with E-state index in [1.54, 1.807) is 22.8 Å². The van der Waals surface area contributed by atoms with Crippen LogP contribution in [-0.2, 0) is 10.0 Å². The lowest BCUT2D eigenvalue weighted by Crippen LogP contribution is -2.49. The molecule has 0 N–H and O–H groups in total. The molecule has 6 nitrogen and oxygen atoms in total. The van der Waals surface area contributed by atoms with Gasteiger partial charge in [-0.3, -0.25) is 0 Å². The van der Waals surface area contributed by atoms with Crippen LogP contribution in [0, 0.1) is 0 Å². The zero-order valence-electron chi connectivity index (χ0n) is 12.9. The molecular weight excluding hydrogens is 334 g/mol. The number of sulfonamides is 1. The number of aromatic nitrogens is 1. The number of thiazole rings is 1. The molecule has 0 unspecified atom stereocenters. The SMILES string of the molecule is COc1ccc2sc(N3CCN(S(=O)(=O)C4CC4)CC3)nc2c1. The molecule has 0 atom stereocenters. The number of benzene rings is 1. The summed E-state index contributed by atoms with van der Waals surface area (Å²) in [6, 6.07) is 5.89. The summed E-state index contributed by atoms with van der Waals surface area (Å²) in [6.45, 7) is 2.50. The van der Waals surface area contributed by atoms with Gasteiger partial charge in [0, 0.05) is 32.2 Å².